The molecular formula is C14H21N5. The summed E-state index contributed by atoms with van der Waals surface area (Å²) in [6, 6.07) is 2.28. The van der Waals surface area contributed by atoms with Gasteiger partial charge in [-0.3, -0.25) is 4.57 Å². The average molecular weight is 259 g/mol. The number of fused-ring (bicyclic) bond motifs is 1. The number of nitrogen functional groups attached to an aromatic ring is 1. The maximum absolute atomic E-state index is 6.09. The second kappa shape index (κ2) is 4.81. The number of likely N-dealkylation sites (tertiary alicyclic amines) is 1. The molecule has 5 heteroatoms. The molecule has 5 nitrogen and oxygen atoms in total. The quantitative estimate of drug-likeness (QED) is 0.915. The number of imidazole rings is 1. The second-order valence-electron chi connectivity index (χ2n) is 5.50. The Labute approximate surface area is 113 Å². The Balaban J connectivity index is 1.94. The van der Waals surface area contributed by atoms with Crippen LogP contribution >= 0.6 is 0 Å². The molecule has 0 aliphatic carbocycles. The van der Waals surface area contributed by atoms with E-state index in [-0.39, 0.29) is 0 Å². The standard InChI is InChI=1S/C14H21N5/c1-10-5-6-16-13-12(10)17-14(15)19(13)11(2)9-18-7-3-4-8-18/h5-6,11H,3-4,7-9H2,1-2H3,(H2,15,17). The SMILES string of the molecule is Cc1ccnc2c1nc(N)n2C(C)CN1CCCC1. The molecule has 1 atom stereocenters. The highest BCUT2D eigenvalue weighted by molar-refractivity contribution is 5.77. The Morgan fingerprint density at radius 2 is 2.11 bits per heavy atom. The third-order valence-electron chi connectivity index (χ3n) is 3.97. The summed E-state index contributed by atoms with van der Waals surface area (Å²) in [5.74, 6) is 0.573. The van der Waals surface area contributed by atoms with Crippen LogP contribution < -0.4 is 5.73 Å². The lowest BCUT2D eigenvalue weighted by Crippen LogP contribution is -2.27. The fourth-order valence-corrected chi connectivity index (χ4v) is 2.98. The number of hydrogen-bond donors (Lipinski definition) is 1. The van der Waals surface area contributed by atoms with Gasteiger partial charge in [-0.05, 0) is 51.4 Å². The van der Waals surface area contributed by atoms with Gasteiger partial charge in [0.25, 0.3) is 0 Å². The minimum atomic E-state index is 0.303. The first-order valence-corrected chi connectivity index (χ1v) is 6.98. The molecule has 3 rings (SSSR count). The lowest BCUT2D eigenvalue weighted by Gasteiger charge is -2.22. The fraction of sp³-hybridized carbons (Fsp3) is 0.571. The van der Waals surface area contributed by atoms with Gasteiger partial charge in [0.05, 0.1) is 0 Å². The smallest absolute Gasteiger partial charge is 0.202 e. The van der Waals surface area contributed by atoms with E-state index in [1.54, 1.807) is 0 Å². The van der Waals surface area contributed by atoms with Crippen LogP contribution in [0.1, 0.15) is 31.4 Å². The van der Waals surface area contributed by atoms with Crippen molar-refractivity contribution in [3.63, 3.8) is 0 Å². The van der Waals surface area contributed by atoms with Crippen molar-refractivity contribution in [3.8, 4) is 0 Å². The molecule has 0 saturated carbocycles. The molecule has 2 aromatic heterocycles. The Kier molecular flexibility index (Phi) is 3.14. The van der Waals surface area contributed by atoms with E-state index in [1.165, 1.54) is 25.9 Å². The van der Waals surface area contributed by atoms with Gasteiger partial charge in [-0.2, -0.15) is 0 Å². The maximum atomic E-state index is 6.09. The zero-order valence-electron chi connectivity index (χ0n) is 11.6. The monoisotopic (exact) mass is 259 g/mol. The van der Waals surface area contributed by atoms with E-state index in [4.69, 9.17) is 5.73 Å². The topological polar surface area (TPSA) is 60.0 Å². The number of hydrogen-bond acceptors (Lipinski definition) is 4. The zero-order chi connectivity index (χ0) is 13.4. The number of pyridine rings is 1. The van der Waals surface area contributed by atoms with Crippen LogP contribution in [0, 0.1) is 6.92 Å². The first kappa shape index (κ1) is 12.4. The van der Waals surface area contributed by atoms with Crippen molar-refractivity contribution in [2.75, 3.05) is 25.4 Å². The predicted octanol–water partition coefficient (Wildman–Crippen LogP) is 1.98. The normalized spacial score (nSPS) is 18.2. The molecule has 0 aromatic carbocycles. The third-order valence-corrected chi connectivity index (χ3v) is 3.97. The number of nitrogens with zero attached hydrogens (tertiary/aromatic N) is 4. The molecule has 102 valence electrons. The Morgan fingerprint density at radius 1 is 1.37 bits per heavy atom. The first-order valence-electron chi connectivity index (χ1n) is 6.98. The molecule has 1 aliphatic rings. The summed E-state index contributed by atoms with van der Waals surface area (Å²) in [5, 5.41) is 0. The van der Waals surface area contributed by atoms with Crippen LogP contribution in [0.25, 0.3) is 11.2 Å². The van der Waals surface area contributed by atoms with Gasteiger partial charge in [0.1, 0.15) is 5.52 Å². The van der Waals surface area contributed by atoms with E-state index < -0.39 is 0 Å². The average Bonchev–Trinajstić information content (AvgIpc) is 2.96. The highest BCUT2D eigenvalue weighted by atomic mass is 15.2. The first-order chi connectivity index (χ1) is 9.16. The van der Waals surface area contributed by atoms with Crippen molar-refractivity contribution in [2.45, 2.75) is 32.7 Å². The van der Waals surface area contributed by atoms with Gasteiger partial charge in [0.2, 0.25) is 5.95 Å². The summed E-state index contributed by atoms with van der Waals surface area (Å²) in [4.78, 5) is 11.4. The summed E-state index contributed by atoms with van der Waals surface area (Å²) >= 11 is 0. The van der Waals surface area contributed by atoms with Crippen molar-refractivity contribution in [2.24, 2.45) is 0 Å². The molecule has 0 bridgehead atoms. The van der Waals surface area contributed by atoms with Crippen LogP contribution in [0.15, 0.2) is 12.3 Å². The van der Waals surface area contributed by atoms with E-state index in [9.17, 15) is 0 Å². The van der Waals surface area contributed by atoms with Crippen molar-refractivity contribution in [3.05, 3.63) is 17.8 Å². The molecule has 1 aliphatic heterocycles. The van der Waals surface area contributed by atoms with Gasteiger partial charge in [-0.1, -0.05) is 0 Å². The summed E-state index contributed by atoms with van der Waals surface area (Å²) in [6.45, 7) is 7.66. The van der Waals surface area contributed by atoms with Crippen molar-refractivity contribution >= 4 is 17.1 Å². The molecule has 19 heavy (non-hydrogen) atoms. The number of rotatable bonds is 3. The van der Waals surface area contributed by atoms with Crippen LogP contribution in [-0.4, -0.2) is 39.1 Å². The van der Waals surface area contributed by atoms with Gasteiger partial charge >= 0.3 is 0 Å². The van der Waals surface area contributed by atoms with E-state index in [1.807, 2.05) is 19.2 Å². The third kappa shape index (κ3) is 2.18. The highest BCUT2D eigenvalue weighted by Crippen LogP contribution is 2.24. The minimum Gasteiger partial charge on any atom is -0.369 e. The number of nitrogens with two attached hydrogens (primary N) is 1. The molecule has 0 spiro atoms. The molecule has 3 heterocycles. The van der Waals surface area contributed by atoms with Crippen molar-refractivity contribution < 1.29 is 0 Å². The summed E-state index contributed by atoms with van der Waals surface area (Å²) in [7, 11) is 0. The van der Waals surface area contributed by atoms with Gasteiger partial charge in [0, 0.05) is 18.8 Å². The van der Waals surface area contributed by atoms with Crippen molar-refractivity contribution in [1.29, 1.82) is 0 Å². The van der Waals surface area contributed by atoms with Gasteiger partial charge in [0.15, 0.2) is 5.65 Å². The highest BCUT2D eigenvalue weighted by Gasteiger charge is 2.20. The van der Waals surface area contributed by atoms with Crippen LogP contribution in [0.3, 0.4) is 0 Å². The molecule has 1 unspecified atom stereocenters. The minimum absolute atomic E-state index is 0.303. The van der Waals surface area contributed by atoms with Crippen LogP contribution in [0.4, 0.5) is 5.95 Å². The van der Waals surface area contributed by atoms with E-state index in [0.717, 1.165) is 23.3 Å². The van der Waals surface area contributed by atoms with E-state index >= 15 is 0 Å². The molecule has 0 radical (unpaired) electrons. The zero-order valence-corrected chi connectivity index (χ0v) is 11.6. The lowest BCUT2D eigenvalue weighted by molar-refractivity contribution is 0.291. The maximum Gasteiger partial charge on any atom is 0.202 e. The summed E-state index contributed by atoms with van der Waals surface area (Å²) < 4.78 is 2.07. The Morgan fingerprint density at radius 3 is 2.84 bits per heavy atom. The van der Waals surface area contributed by atoms with E-state index in [0.29, 0.717) is 12.0 Å². The molecule has 2 aromatic rings. The van der Waals surface area contributed by atoms with Crippen LogP contribution in [-0.2, 0) is 0 Å². The molecule has 1 saturated heterocycles. The largest absolute Gasteiger partial charge is 0.369 e. The number of aromatic nitrogens is 3. The number of aryl methyl sites for hydroxylation is 1. The fourth-order valence-electron chi connectivity index (χ4n) is 2.98. The Bertz CT molecular complexity index is 583. The van der Waals surface area contributed by atoms with Crippen LogP contribution in [0.2, 0.25) is 0 Å². The molecule has 2 N–H and O–H groups in total. The summed E-state index contributed by atoms with van der Waals surface area (Å²) in [6.07, 6.45) is 4.45. The molecular weight excluding hydrogens is 238 g/mol. The second-order valence-corrected chi connectivity index (χ2v) is 5.50. The van der Waals surface area contributed by atoms with Crippen LogP contribution in [0.5, 0.6) is 0 Å². The Hall–Kier alpha value is -1.62. The lowest BCUT2D eigenvalue weighted by atomic mass is 10.2. The van der Waals surface area contributed by atoms with Gasteiger partial charge < -0.3 is 10.6 Å². The van der Waals surface area contributed by atoms with Gasteiger partial charge in [-0.25, -0.2) is 9.97 Å². The predicted molar refractivity (Wildman–Crippen MR) is 77.1 cm³/mol. The number of anilines is 1. The van der Waals surface area contributed by atoms with Gasteiger partial charge in [-0.15, -0.1) is 0 Å². The molecule has 0 amide bonds. The summed E-state index contributed by atoms with van der Waals surface area (Å²) in [5.41, 5.74) is 9.05. The van der Waals surface area contributed by atoms with Crippen molar-refractivity contribution in [1.82, 2.24) is 19.4 Å². The molecule has 1 fully saturated rings. The van der Waals surface area contributed by atoms with E-state index in [2.05, 4.69) is 26.4 Å².